The maximum atomic E-state index is 8.68. The van der Waals surface area contributed by atoms with Gasteiger partial charge in [-0.05, 0) is 23.9 Å². The molecule has 0 saturated heterocycles. The van der Waals surface area contributed by atoms with E-state index in [1.165, 1.54) is 15.6 Å². The molecular formula is C11H9NS2. The van der Waals surface area contributed by atoms with Crippen molar-refractivity contribution in [3.8, 4) is 6.07 Å². The van der Waals surface area contributed by atoms with Crippen LogP contribution in [0.5, 0.6) is 0 Å². The van der Waals surface area contributed by atoms with E-state index in [-0.39, 0.29) is 0 Å². The van der Waals surface area contributed by atoms with Crippen LogP contribution in [0.3, 0.4) is 0 Å². The third-order valence-corrected chi connectivity index (χ3v) is 4.15. The minimum Gasteiger partial charge on any atom is -0.198 e. The summed E-state index contributed by atoms with van der Waals surface area (Å²) in [5, 5.41) is 9.91. The zero-order chi connectivity index (χ0) is 10.1. The molecule has 0 spiro atoms. The number of nitrogens with zero attached hydrogens (tertiary/aromatic N) is 1. The van der Waals surface area contributed by atoms with Gasteiger partial charge in [0, 0.05) is 14.5 Å². The molecule has 0 aliphatic carbocycles. The first-order valence-electron chi connectivity index (χ1n) is 4.31. The quantitative estimate of drug-likeness (QED) is 0.728. The standard InChI is InChI=1S/C11H9NS2/c1-7-8-3-2-4-9(13)11(8)14-10(7)5-6-12/h2-4,13H,5H2,1H3. The highest BCUT2D eigenvalue weighted by atomic mass is 32.1. The molecular weight excluding hydrogens is 210 g/mol. The molecule has 0 unspecified atom stereocenters. The average molecular weight is 219 g/mol. The Morgan fingerprint density at radius 2 is 2.29 bits per heavy atom. The van der Waals surface area contributed by atoms with Gasteiger partial charge in [0.05, 0.1) is 12.5 Å². The van der Waals surface area contributed by atoms with Crippen molar-refractivity contribution in [2.24, 2.45) is 0 Å². The number of fused-ring (bicyclic) bond motifs is 1. The predicted molar refractivity (Wildman–Crippen MR) is 63.1 cm³/mol. The molecule has 70 valence electrons. The molecule has 0 radical (unpaired) electrons. The van der Waals surface area contributed by atoms with E-state index in [4.69, 9.17) is 5.26 Å². The van der Waals surface area contributed by atoms with Crippen LogP contribution in [0.4, 0.5) is 0 Å². The third-order valence-electron chi connectivity index (χ3n) is 2.28. The van der Waals surface area contributed by atoms with E-state index in [1.54, 1.807) is 11.3 Å². The van der Waals surface area contributed by atoms with Crippen LogP contribution >= 0.6 is 24.0 Å². The Hall–Kier alpha value is -0.980. The highest BCUT2D eigenvalue weighted by Gasteiger charge is 2.09. The Morgan fingerprint density at radius 1 is 1.50 bits per heavy atom. The lowest BCUT2D eigenvalue weighted by atomic mass is 10.1. The van der Waals surface area contributed by atoms with Gasteiger partial charge in [-0.15, -0.1) is 24.0 Å². The van der Waals surface area contributed by atoms with E-state index in [2.05, 4.69) is 31.7 Å². The van der Waals surface area contributed by atoms with Crippen molar-refractivity contribution >= 4 is 34.1 Å². The second-order valence-electron chi connectivity index (χ2n) is 3.14. The Labute approximate surface area is 92.4 Å². The average Bonchev–Trinajstić information content (AvgIpc) is 2.48. The second kappa shape index (κ2) is 3.64. The third kappa shape index (κ3) is 1.41. The van der Waals surface area contributed by atoms with Crippen molar-refractivity contribution in [2.45, 2.75) is 18.2 Å². The minimum atomic E-state index is 0.498. The fraction of sp³-hybridized carbons (Fsp3) is 0.182. The molecule has 0 atom stereocenters. The second-order valence-corrected chi connectivity index (χ2v) is 4.73. The van der Waals surface area contributed by atoms with Gasteiger partial charge in [0.25, 0.3) is 0 Å². The zero-order valence-corrected chi connectivity index (χ0v) is 9.45. The van der Waals surface area contributed by atoms with Gasteiger partial charge in [0.1, 0.15) is 0 Å². The topological polar surface area (TPSA) is 23.8 Å². The lowest BCUT2D eigenvalue weighted by Crippen LogP contribution is -1.77. The van der Waals surface area contributed by atoms with Crippen molar-refractivity contribution in [2.75, 3.05) is 0 Å². The summed E-state index contributed by atoms with van der Waals surface area (Å²) in [4.78, 5) is 2.16. The summed E-state index contributed by atoms with van der Waals surface area (Å²) >= 11 is 6.08. The SMILES string of the molecule is Cc1c(CC#N)sc2c(S)cccc12. The molecule has 0 bridgehead atoms. The molecule has 2 rings (SSSR count). The summed E-state index contributed by atoms with van der Waals surface area (Å²) in [5.74, 6) is 0. The number of thiophene rings is 1. The van der Waals surface area contributed by atoms with Gasteiger partial charge in [-0.2, -0.15) is 5.26 Å². The largest absolute Gasteiger partial charge is 0.198 e. The lowest BCUT2D eigenvalue weighted by molar-refractivity contribution is 1.28. The zero-order valence-electron chi connectivity index (χ0n) is 7.74. The molecule has 0 N–H and O–H groups in total. The van der Waals surface area contributed by atoms with Crippen molar-refractivity contribution in [1.29, 1.82) is 5.26 Å². The van der Waals surface area contributed by atoms with Crippen molar-refractivity contribution < 1.29 is 0 Å². The minimum absolute atomic E-state index is 0.498. The van der Waals surface area contributed by atoms with E-state index >= 15 is 0 Å². The summed E-state index contributed by atoms with van der Waals surface area (Å²) in [6.07, 6.45) is 0.498. The molecule has 0 fully saturated rings. The number of rotatable bonds is 1. The molecule has 3 heteroatoms. The molecule has 1 aromatic heterocycles. The molecule has 0 aliphatic heterocycles. The van der Waals surface area contributed by atoms with Crippen molar-refractivity contribution in [3.05, 3.63) is 28.6 Å². The maximum Gasteiger partial charge on any atom is 0.0698 e. The molecule has 0 saturated carbocycles. The first-order chi connectivity index (χ1) is 6.74. The number of nitriles is 1. The smallest absolute Gasteiger partial charge is 0.0698 e. The Balaban J connectivity index is 2.74. The Morgan fingerprint density at radius 3 is 2.93 bits per heavy atom. The van der Waals surface area contributed by atoms with Crippen LogP contribution in [-0.4, -0.2) is 0 Å². The van der Waals surface area contributed by atoms with Gasteiger partial charge < -0.3 is 0 Å². The molecule has 1 heterocycles. The summed E-state index contributed by atoms with van der Waals surface area (Å²) in [7, 11) is 0. The number of aryl methyl sites for hydroxylation is 1. The lowest BCUT2D eigenvalue weighted by Gasteiger charge is -1.93. The van der Waals surface area contributed by atoms with Crippen LogP contribution in [0, 0.1) is 18.3 Å². The Kier molecular flexibility index (Phi) is 2.49. The van der Waals surface area contributed by atoms with E-state index in [1.807, 2.05) is 12.1 Å². The number of thiol groups is 1. The van der Waals surface area contributed by atoms with Crippen LogP contribution in [0.15, 0.2) is 23.1 Å². The normalized spacial score (nSPS) is 10.4. The molecule has 0 amide bonds. The van der Waals surface area contributed by atoms with E-state index in [0.717, 1.165) is 9.77 Å². The van der Waals surface area contributed by atoms with Crippen LogP contribution < -0.4 is 0 Å². The monoisotopic (exact) mass is 219 g/mol. The molecule has 0 aliphatic rings. The van der Waals surface area contributed by atoms with Crippen molar-refractivity contribution in [3.63, 3.8) is 0 Å². The van der Waals surface area contributed by atoms with E-state index in [0.29, 0.717) is 6.42 Å². The molecule has 2 aromatic rings. The van der Waals surface area contributed by atoms with Crippen molar-refractivity contribution in [1.82, 2.24) is 0 Å². The van der Waals surface area contributed by atoms with E-state index < -0.39 is 0 Å². The van der Waals surface area contributed by atoms with E-state index in [9.17, 15) is 0 Å². The van der Waals surface area contributed by atoms with Crippen LogP contribution in [0.1, 0.15) is 10.4 Å². The van der Waals surface area contributed by atoms with Gasteiger partial charge in [-0.25, -0.2) is 0 Å². The maximum absolute atomic E-state index is 8.68. The first kappa shape index (κ1) is 9.57. The number of benzene rings is 1. The number of hydrogen-bond donors (Lipinski definition) is 1. The molecule has 1 aromatic carbocycles. The summed E-state index contributed by atoms with van der Waals surface area (Å²) in [5.41, 5.74) is 1.22. The predicted octanol–water partition coefficient (Wildman–Crippen LogP) is 3.56. The van der Waals surface area contributed by atoms with Gasteiger partial charge in [-0.1, -0.05) is 12.1 Å². The Bertz CT molecular complexity index is 520. The first-order valence-corrected chi connectivity index (χ1v) is 5.57. The van der Waals surface area contributed by atoms with Crippen LogP contribution in [0.2, 0.25) is 0 Å². The van der Waals surface area contributed by atoms with Gasteiger partial charge >= 0.3 is 0 Å². The fourth-order valence-electron chi connectivity index (χ4n) is 1.52. The van der Waals surface area contributed by atoms with Crippen LogP contribution in [0.25, 0.3) is 10.1 Å². The highest BCUT2D eigenvalue weighted by Crippen LogP contribution is 2.34. The number of hydrogen-bond acceptors (Lipinski definition) is 3. The van der Waals surface area contributed by atoms with Gasteiger partial charge in [0.15, 0.2) is 0 Å². The molecule has 1 nitrogen and oxygen atoms in total. The summed E-state index contributed by atoms with van der Waals surface area (Å²) in [6.45, 7) is 2.07. The molecule has 14 heavy (non-hydrogen) atoms. The highest BCUT2D eigenvalue weighted by molar-refractivity contribution is 7.80. The fourth-order valence-corrected chi connectivity index (χ4v) is 3.01. The van der Waals surface area contributed by atoms with Crippen LogP contribution in [-0.2, 0) is 6.42 Å². The summed E-state index contributed by atoms with van der Waals surface area (Å²) in [6, 6.07) is 8.26. The van der Waals surface area contributed by atoms with Gasteiger partial charge in [-0.3, -0.25) is 0 Å². The summed E-state index contributed by atoms with van der Waals surface area (Å²) < 4.78 is 1.19. The van der Waals surface area contributed by atoms with Gasteiger partial charge in [0.2, 0.25) is 0 Å².